The molecule has 0 heterocycles. The van der Waals surface area contributed by atoms with Crippen molar-refractivity contribution in [2.24, 2.45) is 0 Å². The number of hydrogen-bond donors (Lipinski definition) is 0. The first kappa shape index (κ1) is 35.8. The first-order valence-electron chi connectivity index (χ1n) is 16.6. The molecule has 0 aromatic heterocycles. The van der Waals surface area contributed by atoms with Gasteiger partial charge in [0.05, 0.1) is 0 Å². The molecule has 0 bridgehead atoms. The summed E-state index contributed by atoms with van der Waals surface area (Å²) >= 11 is 1.53. The van der Waals surface area contributed by atoms with Crippen LogP contribution in [0, 0.1) is 19.9 Å². The molecule has 0 fully saturated rings. The summed E-state index contributed by atoms with van der Waals surface area (Å²) in [5.74, 6) is 0. The van der Waals surface area contributed by atoms with E-state index in [2.05, 4.69) is 154 Å². The molecule has 0 unspecified atom stereocenters. The van der Waals surface area contributed by atoms with Crippen molar-refractivity contribution in [2.45, 2.75) is 98.3 Å². The third kappa shape index (κ3) is 8.86. The summed E-state index contributed by atoms with van der Waals surface area (Å²) in [6, 6.07) is 42.5. The molecule has 0 spiro atoms. The van der Waals surface area contributed by atoms with Gasteiger partial charge in [0.15, 0.2) is 0 Å². The monoisotopic (exact) mass is 682 g/mol. The summed E-state index contributed by atoms with van der Waals surface area (Å²) in [5.41, 5.74) is 14.6. The van der Waals surface area contributed by atoms with Crippen LogP contribution in [-0.2, 0) is 53.3 Å². The fraction of sp³-hybridized carbons (Fsp3) is 0.333. The van der Waals surface area contributed by atoms with Gasteiger partial charge < -0.3 is 0 Å². The van der Waals surface area contributed by atoms with Gasteiger partial charge in [-0.3, -0.25) is 0 Å². The van der Waals surface area contributed by atoms with Crippen molar-refractivity contribution in [2.75, 3.05) is 0 Å². The largest absolute Gasteiger partial charge is 0.214 e. The Kier molecular flexibility index (Phi) is 11.5. The van der Waals surface area contributed by atoms with Gasteiger partial charge in [-0.2, -0.15) is 35.9 Å². The van der Waals surface area contributed by atoms with Crippen LogP contribution >= 0.6 is 0 Å². The van der Waals surface area contributed by atoms with Crippen molar-refractivity contribution in [3.8, 4) is 11.1 Å². The van der Waals surface area contributed by atoms with Crippen LogP contribution in [0.5, 0.6) is 0 Å². The van der Waals surface area contributed by atoms with E-state index in [1.165, 1.54) is 79.9 Å². The van der Waals surface area contributed by atoms with Gasteiger partial charge in [0.1, 0.15) is 0 Å². The molecule has 1 aliphatic carbocycles. The molecule has 0 N–H and O–H groups in total. The molecule has 0 radical (unpaired) electrons. The van der Waals surface area contributed by atoms with Crippen LogP contribution in [0.2, 0.25) is 0 Å². The molecule has 0 atom stereocenters. The summed E-state index contributed by atoms with van der Waals surface area (Å²) < 4.78 is 1.59. The fourth-order valence-corrected chi connectivity index (χ4v) is 7.25. The Morgan fingerprint density at radius 1 is 0.696 bits per heavy atom. The van der Waals surface area contributed by atoms with E-state index in [4.69, 9.17) is 0 Å². The minimum atomic E-state index is 0.162. The van der Waals surface area contributed by atoms with Gasteiger partial charge in [-0.1, -0.05) is 71.6 Å². The van der Waals surface area contributed by atoms with Gasteiger partial charge >= 0.3 is 125 Å². The SMILES string of the molecule is CC(C)([C](=[Zr+2])Cc1ccccc1)c1ccccc1.Cc1[c-]c2c(cc1C(C)(C)C)-c1cc(C(C)(C)C)c(C)cc1C2.c1cc[cH-]c1. The zero-order chi connectivity index (χ0) is 33.7. The zero-order valence-corrected chi connectivity index (χ0v) is 32.3. The average molecular weight is 684 g/mol. The first-order chi connectivity index (χ1) is 21.6. The molecular formula is C45H52Zr. The number of hydrogen-bond acceptors (Lipinski definition) is 0. The Balaban J connectivity index is 0.000000185. The summed E-state index contributed by atoms with van der Waals surface area (Å²) in [5, 5.41) is 0. The minimum Gasteiger partial charge on any atom is -0.214 e. The molecule has 0 saturated carbocycles. The quantitative estimate of drug-likeness (QED) is 0.162. The zero-order valence-electron chi connectivity index (χ0n) is 29.8. The van der Waals surface area contributed by atoms with Gasteiger partial charge in [0.25, 0.3) is 0 Å². The third-order valence-corrected chi connectivity index (χ3v) is 11.1. The second-order valence-corrected chi connectivity index (χ2v) is 16.8. The molecule has 5 aromatic rings. The van der Waals surface area contributed by atoms with Gasteiger partial charge in [0, 0.05) is 0 Å². The van der Waals surface area contributed by atoms with Gasteiger partial charge in [-0.25, -0.2) is 12.1 Å². The number of fused-ring (bicyclic) bond motifs is 3. The van der Waals surface area contributed by atoms with Crippen molar-refractivity contribution in [1.29, 1.82) is 0 Å². The third-order valence-electron chi connectivity index (χ3n) is 9.11. The molecule has 46 heavy (non-hydrogen) atoms. The van der Waals surface area contributed by atoms with Gasteiger partial charge in [-0.05, 0) is 35.4 Å². The van der Waals surface area contributed by atoms with Crippen molar-refractivity contribution >= 4 is 3.21 Å². The Morgan fingerprint density at radius 3 is 1.76 bits per heavy atom. The molecule has 0 amide bonds. The molecule has 0 saturated heterocycles. The molecule has 236 valence electrons. The van der Waals surface area contributed by atoms with E-state index in [0.717, 1.165) is 12.8 Å². The molecule has 1 heteroatoms. The van der Waals surface area contributed by atoms with Crippen LogP contribution in [0.4, 0.5) is 0 Å². The summed E-state index contributed by atoms with van der Waals surface area (Å²) in [4.78, 5) is 0. The van der Waals surface area contributed by atoms with Crippen LogP contribution in [0.25, 0.3) is 11.1 Å². The predicted octanol–water partition coefficient (Wildman–Crippen LogP) is 11.6. The van der Waals surface area contributed by atoms with E-state index in [-0.39, 0.29) is 16.2 Å². The van der Waals surface area contributed by atoms with E-state index >= 15 is 0 Å². The average Bonchev–Trinajstić information content (AvgIpc) is 3.68. The van der Waals surface area contributed by atoms with E-state index in [1.54, 1.807) is 3.21 Å². The Hall–Kier alpha value is -3.02. The van der Waals surface area contributed by atoms with E-state index < -0.39 is 0 Å². The second kappa shape index (κ2) is 14.8. The van der Waals surface area contributed by atoms with E-state index in [1.807, 2.05) is 30.3 Å². The van der Waals surface area contributed by atoms with Gasteiger partial charge in [-0.15, -0.1) is 16.7 Å². The summed E-state index contributed by atoms with van der Waals surface area (Å²) in [7, 11) is 0. The van der Waals surface area contributed by atoms with Crippen molar-refractivity contribution in [1.82, 2.24) is 0 Å². The maximum Gasteiger partial charge on any atom is -0.0129 e. The van der Waals surface area contributed by atoms with Crippen LogP contribution in [0.1, 0.15) is 99.9 Å². The smallest absolute Gasteiger partial charge is 0.0129 e. The molecule has 0 aliphatic heterocycles. The Morgan fingerprint density at radius 2 is 1.24 bits per heavy atom. The van der Waals surface area contributed by atoms with Crippen LogP contribution in [0.3, 0.4) is 0 Å². The topological polar surface area (TPSA) is 0 Å². The Bertz CT molecular complexity index is 1640. The van der Waals surface area contributed by atoms with E-state index in [9.17, 15) is 0 Å². The van der Waals surface area contributed by atoms with E-state index in [0.29, 0.717) is 0 Å². The molecule has 5 aromatic carbocycles. The van der Waals surface area contributed by atoms with Crippen molar-refractivity contribution < 1.29 is 24.2 Å². The number of aryl methyl sites for hydroxylation is 2. The normalized spacial score (nSPS) is 12.3. The molecule has 1 aliphatic rings. The summed E-state index contributed by atoms with van der Waals surface area (Å²) in [6.07, 6.45) is 2.11. The standard InChI is InChI=1S/C23H29.C17H18.C5H5.Zr/c1-14-9-16-11-17-10-15(2)21(23(6,7)8)13-19(17)18(16)12-20(14)22(3,4)5;1-17(2,16-11-7-4-8-12-16)14-13-15-9-5-3-6-10-15;1-2-4-5-3-1;/h9,12-13H,11H2,1-8H3;3-12H,13H2,1-2H3;1-5H;/q-1;;-1;+2. The molecule has 6 rings (SSSR count). The van der Waals surface area contributed by atoms with Gasteiger partial charge in [0.2, 0.25) is 0 Å². The number of rotatable bonds is 4. The minimum absolute atomic E-state index is 0.162. The molecule has 0 nitrogen and oxygen atoms in total. The summed E-state index contributed by atoms with van der Waals surface area (Å²) in [6.45, 7) is 22.9. The number of benzene rings is 4. The first-order valence-corrected chi connectivity index (χ1v) is 17.9. The van der Waals surface area contributed by atoms with Crippen molar-refractivity contribution in [3.63, 3.8) is 0 Å². The van der Waals surface area contributed by atoms with Crippen LogP contribution in [-0.4, -0.2) is 3.21 Å². The predicted molar refractivity (Wildman–Crippen MR) is 197 cm³/mol. The van der Waals surface area contributed by atoms with Crippen LogP contribution < -0.4 is 0 Å². The fourth-order valence-electron chi connectivity index (χ4n) is 6.39. The second-order valence-electron chi connectivity index (χ2n) is 15.3. The molecular weight excluding hydrogens is 632 g/mol. The maximum atomic E-state index is 3.69. The van der Waals surface area contributed by atoms with Crippen LogP contribution in [0.15, 0.2) is 109 Å². The van der Waals surface area contributed by atoms with Crippen molar-refractivity contribution in [3.05, 3.63) is 160 Å². The maximum absolute atomic E-state index is 3.69. The Labute approximate surface area is 295 Å².